The van der Waals surface area contributed by atoms with Gasteiger partial charge in [-0.1, -0.05) is 24.3 Å². The van der Waals surface area contributed by atoms with E-state index in [4.69, 9.17) is 10.5 Å². The summed E-state index contributed by atoms with van der Waals surface area (Å²) in [7, 11) is 1.21. The lowest BCUT2D eigenvalue weighted by Gasteiger charge is -2.08. The summed E-state index contributed by atoms with van der Waals surface area (Å²) in [6, 6.07) is 5.49. The second kappa shape index (κ2) is 11.1. The lowest BCUT2D eigenvalue weighted by molar-refractivity contribution is -0.763. The number of ketones is 1. The van der Waals surface area contributed by atoms with E-state index in [0.717, 1.165) is 11.8 Å². The summed E-state index contributed by atoms with van der Waals surface area (Å²) in [6.45, 7) is -0.302. The summed E-state index contributed by atoms with van der Waals surface area (Å²) >= 11 is 1.03. The van der Waals surface area contributed by atoms with Gasteiger partial charge < -0.3 is 20.0 Å². The fourth-order valence-corrected chi connectivity index (χ4v) is 2.46. The highest BCUT2D eigenvalue weighted by molar-refractivity contribution is 8.00. The predicted octanol–water partition coefficient (Wildman–Crippen LogP) is 0.241. The number of esters is 2. The van der Waals surface area contributed by atoms with Gasteiger partial charge in [-0.25, -0.2) is 4.79 Å². The number of nitrogens with zero attached hydrogens (tertiary/aromatic N) is 1. The van der Waals surface area contributed by atoms with Crippen LogP contribution in [0, 0.1) is 10.1 Å². The summed E-state index contributed by atoms with van der Waals surface area (Å²) in [6.07, 6.45) is 0. The molecule has 11 heteroatoms. The Morgan fingerprint density at radius 2 is 1.77 bits per heavy atom. The van der Waals surface area contributed by atoms with Gasteiger partial charge in [0.15, 0.2) is 0 Å². The van der Waals surface area contributed by atoms with Crippen molar-refractivity contribution in [3.05, 3.63) is 45.5 Å². The van der Waals surface area contributed by atoms with Gasteiger partial charge in [0.25, 0.3) is 5.09 Å². The predicted molar refractivity (Wildman–Crippen MR) is 90.3 cm³/mol. The van der Waals surface area contributed by atoms with Crippen molar-refractivity contribution < 1.29 is 33.8 Å². The Morgan fingerprint density at radius 3 is 2.31 bits per heavy atom. The number of nitrogens with two attached hydrogens (primary N) is 1. The Hall–Kier alpha value is -2.66. The number of benzene rings is 1. The topological polar surface area (TPSA) is 148 Å². The first-order valence-electron chi connectivity index (χ1n) is 7.29. The third kappa shape index (κ3) is 7.94. The van der Waals surface area contributed by atoms with Crippen molar-refractivity contribution in [1.82, 2.24) is 0 Å². The van der Waals surface area contributed by atoms with Gasteiger partial charge in [0.2, 0.25) is 5.78 Å². The van der Waals surface area contributed by atoms with Gasteiger partial charge in [0.1, 0.15) is 19.3 Å². The molecule has 1 rings (SSSR count). The lowest BCUT2D eigenvalue weighted by Crippen LogP contribution is -2.34. The average molecular weight is 386 g/mol. The van der Waals surface area contributed by atoms with Gasteiger partial charge in [0.05, 0.1) is 12.9 Å². The number of carbonyl (C=O) groups excluding carboxylic acids is 3. The molecule has 0 fully saturated rings. The highest BCUT2D eigenvalue weighted by atomic mass is 32.2. The first kappa shape index (κ1) is 21.4. The maximum Gasteiger partial charge on any atom is 0.375 e. The van der Waals surface area contributed by atoms with Crippen LogP contribution < -0.4 is 5.73 Å². The summed E-state index contributed by atoms with van der Waals surface area (Å²) in [5.74, 6) is -2.37. The second-order valence-corrected chi connectivity index (χ2v) is 5.99. The molecule has 10 nitrogen and oxygen atoms in total. The Bertz CT molecular complexity index is 650. The summed E-state index contributed by atoms with van der Waals surface area (Å²) in [4.78, 5) is 48.7. The van der Waals surface area contributed by atoms with Crippen LogP contribution in [0.1, 0.15) is 11.1 Å². The van der Waals surface area contributed by atoms with Crippen LogP contribution in [-0.4, -0.2) is 47.5 Å². The molecule has 1 aromatic rings. The fraction of sp³-hybridized carbons (Fsp3) is 0.400. The highest BCUT2D eigenvalue weighted by Crippen LogP contribution is 2.08. The van der Waals surface area contributed by atoms with Crippen LogP contribution in [-0.2, 0) is 41.9 Å². The van der Waals surface area contributed by atoms with Crippen LogP contribution in [0.15, 0.2) is 24.3 Å². The molecule has 0 radical (unpaired) electrons. The molecule has 0 aliphatic carbocycles. The first-order valence-corrected chi connectivity index (χ1v) is 8.45. The Kier molecular flexibility index (Phi) is 9.09. The molecular formula is C15H18N2O8S. The Labute approximate surface area is 153 Å². The fourth-order valence-electron chi connectivity index (χ4n) is 1.65. The van der Waals surface area contributed by atoms with Crippen LogP contribution in [0.2, 0.25) is 0 Å². The van der Waals surface area contributed by atoms with E-state index in [1.807, 2.05) is 0 Å². The molecule has 0 unspecified atom stereocenters. The molecule has 26 heavy (non-hydrogen) atoms. The van der Waals surface area contributed by atoms with E-state index >= 15 is 0 Å². The molecule has 0 aliphatic rings. The zero-order valence-corrected chi connectivity index (χ0v) is 14.7. The molecule has 0 bridgehead atoms. The summed E-state index contributed by atoms with van der Waals surface area (Å²) < 4.78 is 9.33. The molecule has 0 amide bonds. The molecule has 2 N–H and O–H groups in total. The highest BCUT2D eigenvalue weighted by Gasteiger charge is 2.18. The standard InChI is InChI=1S/C15H18N2O8S/c1-23-14(19)12(16)8-26-9-13(18)15(20)24-6-10-2-4-11(5-3-10)7-25-17(21)22/h2-5,12H,6-9,16H2,1H3/t12-/m0/s1. The van der Waals surface area contributed by atoms with E-state index in [9.17, 15) is 24.5 Å². The van der Waals surface area contributed by atoms with E-state index in [-0.39, 0.29) is 24.7 Å². The van der Waals surface area contributed by atoms with E-state index in [1.165, 1.54) is 7.11 Å². The number of hydrogen-bond acceptors (Lipinski definition) is 10. The number of carbonyl (C=O) groups is 3. The van der Waals surface area contributed by atoms with Gasteiger partial charge in [0, 0.05) is 5.75 Å². The van der Waals surface area contributed by atoms with Crippen LogP contribution in [0.3, 0.4) is 0 Å². The van der Waals surface area contributed by atoms with Crippen molar-refractivity contribution in [3.63, 3.8) is 0 Å². The number of ether oxygens (including phenoxy) is 2. The zero-order chi connectivity index (χ0) is 19.5. The summed E-state index contributed by atoms with van der Waals surface area (Å²) in [5.41, 5.74) is 6.69. The van der Waals surface area contributed by atoms with Gasteiger partial charge in [-0.2, -0.15) is 11.8 Å². The van der Waals surface area contributed by atoms with Gasteiger partial charge in [-0.05, 0) is 11.1 Å². The zero-order valence-electron chi connectivity index (χ0n) is 13.9. The minimum absolute atomic E-state index is 0.118. The number of methoxy groups -OCH3 is 1. The average Bonchev–Trinajstić information content (AvgIpc) is 2.64. The van der Waals surface area contributed by atoms with Gasteiger partial charge >= 0.3 is 11.9 Å². The monoisotopic (exact) mass is 386 g/mol. The molecule has 0 aromatic heterocycles. The molecule has 1 atom stereocenters. The van der Waals surface area contributed by atoms with Crippen LogP contribution in [0.4, 0.5) is 0 Å². The van der Waals surface area contributed by atoms with Gasteiger partial charge in [-0.3, -0.25) is 9.59 Å². The van der Waals surface area contributed by atoms with Gasteiger partial charge in [-0.15, -0.1) is 10.1 Å². The number of thioether (sulfide) groups is 1. The largest absolute Gasteiger partial charge is 0.468 e. The van der Waals surface area contributed by atoms with Crippen LogP contribution in [0.5, 0.6) is 0 Å². The molecule has 0 heterocycles. The van der Waals surface area contributed by atoms with E-state index in [1.54, 1.807) is 24.3 Å². The maximum absolute atomic E-state index is 11.7. The van der Waals surface area contributed by atoms with Crippen molar-refractivity contribution >= 4 is 29.5 Å². The van der Waals surface area contributed by atoms with Crippen molar-refractivity contribution in [1.29, 1.82) is 0 Å². The van der Waals surface area contributed by atoms with Crippen molar-refractivity contribution in [2.24, 2.45) is 5.73 Å². The number of Topliss-reactive ketones (excluding diaryl/α,β-unsaturated/α-hetero) is 1. The first-order chi connectivity index (χ1) is 12.3. The van der Waals surface area contributed by atoms with Crippen molar-refractivity contribution in [2.75, 3.05) is 18.6 Å². The quantitative estimate of drug-likeness (QED) is 0.242. The maximum atomic E-state index is 11.7. The van der Waals surface area contributed by atoms with E-state index in [2.05, 4.69) is 9.57 Å². The minimum atomic E-state index is -0.995. The normalized spacial score (nSPS) is 11.3. The Balaban J connectivity index is 2.33. The van der Waals surface area contributed by atoms with Crippen molar-refractivity contribution in [3.8, 4) is 0 Å². The molecular weight excluding hydrogens is 368 g/mol. The third-order valence-corrected chi connectivity index (χ3v) is 4.05. The second-order valence-electron chi connectivity index (χ2n) is 4.96. The molecule has 1 aromatic carbocycles. The SMILES string of the molecule is COC(=O)[C@@H](N)CSCC(=O)C(=O)OCc1ccc(CO[N+](=O)[O-])cc1. The third-order valence-electron chi connectivity index (χ3n) is 2.99. The van der Waals surface area contributed by atoms with Crippen molar-refractivity contribution in [2.45, 2.75) is 19.3 Å². The van der Waals surface area contributed by atoms with Crippen LogP contribution >= 0.6 is 11.8 Å². The molecule has 0 aliphatic heterocycles. The lowest BCUT2D eigenvalue weighted by atomic mass is 10.1. The van der Waals surface area contributed by atoms with E-state index in [0.29, 0.717) is 11.1 Å². The molecule has 0 saturated carbocycles. The van der Waals surface area contributed by atoms with E-state index < -0.39 is 28.9 Å². The van der Waals surface area contributed by atoms with Crippen LogP contribution in [0.25, 0.3) is 0 Å². The molecule has 142 valence electrons. The summed E-state index contributed by atoms with van der Waals surface area (Å²) in [5, 5.41) is 9.21. The molecule has 0 spiro atoms. The minimum Gasteiger partial charge on any atom is -0.468 e. The Morgan fingerprint density at radius 1 is 1.19 bits per heavy atom. The smallest absolute Gasteiger partial charge is 0.375 e. The number of rotatable bonds is 11. The number of hydrogen-bond donors (Lipinski definition) is 1. The molecule has 0 saturated heterocycles.